The molecular weight excluding hydrogens is 248 g/mol. The monoisotopic (exact) mass is 274 g/mol. The number of carbonyl (C=O) groups excluding carboxylic acids is 2. The minimum absolute atomic E-state index is 0.120. The first-order valence-corrected chi connectivity index (χ1v) is 6.78. The van der Waals surface area contributed by atoms with Crippen LogP contribution in [-0.4, -0.2) is 35.2 Å². The van der Waals surface area contributed by atoms with Crippen LogP contribution in [0.1, 0.15) is 51.4 Å². The van der Waals surface area contributed by atoms with E-state index in [4.69, 9.17) is 21.7 Å². The number of rotatable bonds is 12. The molecule has 0 fully saturated rings. The van der Waals surface area contributed by atoms with E-state index in [0.717, 1.165) is 25.7 Å². The molecule has 0 aromatic carbocycles. The number of carbonyl (C=O) groups is 2. The van der Waals surface area contributed by atoms with Gasteiger partial charge in [0, 0.05) is 19.6 Å². The minimum atomic E-state index is -0.812. The average Bonchev–Trinajstić information content (AvgIpc) is 2.33. The Morgan fingerprint density at radius 3 is 1.79 bits per heavy atom. The Bertz CT molecular complexity index is 276. The fourth-order valence-electron chi connectivity index (χ4n) is 2.29. The second-order valence-corrected chi connectivity index (χ2v) is 4.97. The maximum Gasteiger partial charge on any atom is 0.223 e. The Kier molecular flexibility index (Phi) is 9.16. The quantitative estimate of drug-likeness (QED) is 0.375. The first-order valence-electron chi connectivity index (χ1n) is 6.78. The Morgan fingerprint density at radius 1 is 0.842 bits per heavy atom. The maximum absolute atomic E-state index is 11.5. The van der Waals surface area contributed by atoms with Crippen LogP contribution in [0.2, 0.25) is 0 Å². The molecule has 0 rings (SSSR count). The molecule has 0 atom stereocenters. The molecule has 0 saturated carbocycles. The maximum atomic E-state index is 11.5. The first-order chi connectivity index (χ1) is 8.98. The van der Waals surface area contributed by atoms with Gasteiger partial charge in [-0.2, -0.15) is 0 Å². The number of unbranched alkanes of at least 4 members (excludes halogenated alkanes) is 3. The summed E-state index contributed by atoms with van der Waals surface area (Å²) in [5.41, 5.74) is 9.63. The molecule has 6 N–H and O–H groups in total. The molecule has 0 aliphatic rings. The lowest BCUT2D eigenvalue weighted by atomic mass is 9.76. The van der Waals surface area contributed by atoms with Crippen LogP contribution < -0.4 is 11.5 Å². The largest absolute Gasteiger partial charge is 0.396 e. The predicted molar refractivity (Wildman–Crippen MR) is 71.9 cm³/mol. The molecule has 0 saturated heterocycles. The molecule has 0 bridgehead atoms. The molecule has 0 unspecified atom stereocenters. The van der Waals surface area contributed by atoms with Crippen LogP contribution in [0.25, 0.3) is 0 Å². The molecule has 0 heterocycles. The second-order valence-electron chi connectivity index (χ2n) is 4.97. The van der Waals surface area contributed by atoms with E-state index in [-0.39, 0.29) is 32.0 Å². The summed E-state index contributed by atoms with van der Waals surface area (Å²) >= 11 is 0. The van der Waals surface area contributed by atoms with Gasteiger partial charge >= 0.3 is 0 Å². The summed E-state index contributed by atoms with van der Waals surface area (Å²) in [6, 6.07) is 0. The summed E-state index contributed by atoms with van der Waals surface area (Å²) in [4.78, 5) is 22.1. The van der Waals surface area contributed by atoms with E-state index >= 15 is 0 Å². The van der Waals surface area contributed by atoms with Crippen molar-refractivity contribution in [3.05, 3.63) is 0 Å². The van der Waals surface area contributed by atoms with Crippen LogP contribution >= 0.6 is 0 Å². The average molecular weight is 274 g/mol. The summed E-state index contributed by atoms with van der Waals surface area (Å²) < 4.78 is 0. The van der Waals surface area contributed by atoms with Crippen molar-refractivity contribution in [3.63, 3.8) is 0 Å². The Labute approximate surface area is 114 Å². The third-order valence-electron chi connectivity index (χ3n) is 3.53. The van der Waals surface area contributed by atoms with Crippen LogP contribution in [0.5, 0.6) is 0 Å². The standard InChI is InChI=1S/C13H26N2O4/c14-11(18)5-3-1-2-4-6-13(7-9-16,8-10-17)12(15)19/h16-17H,1-10H2,(H2,14,18)(H2,15,19). The zero-order chi connectivity index (χ0) is 14.7. The highest BCUT2D eigenvalue weighted by Crippen LogP contribution is 2.32. The third-order valence-corrected chi connectivity index (χ3v) is 3.53. The summed E-state index contributed by atoms with van der Waals surface area (Å²) in [6.45, 7) is -0.241. The Hall–Kier alpha value is -1.14. The van der Waals surface area contributed by atoms with Crippen molar-refractivity contribution in [2.75, 3.05) is 13.2 Å². The number of primary amides is 2. The lowest BCUT2D eigenvalue weighted by molar-refractivity contribution is -0.130. The van der Waals surface area contributed by atoms with Crippen molar-refractivity contribution in [2.45, 2.75) is 51.4 Å². The smallest absolute Gasteiger partial charge is 0.223 e. The minimum Gasteiger partial charge on any atom is -0.396 e. The summed E-state index contributed by atoms with van der Waals surface area (Å²) in [5.74, 6) is -0.764. The van der Waals surface area contributed by atoms with Crippen molar-refractivity contribution in [1.29, 1.82) is 0 Å². The lowest BCUT2D eigenvalue weighted by Crippen LogP contribution is -2.39. The predicted octanol–water partition coefficient (Wildman–Crippen LogP) is 0.0488. The number of hydrogen-bond donors (Lipinski definition) is 4. The molecule has 0 aromatic rings. The Morgan fingerprint density at radius 2 is 1.37 bits per heavy atom. The molecule has 19 heavy (non-hydrogen) atoms. The molecule has 0 aliphatic carbocycles. The van der Waals surface area contributed by atoms with Crippen LogP contribution in [-0.2, 0) is 9.59 Å². The van der Waals surface area contributed by atoms with Gasteiger partial charge in [0.1, 0.15) is 0 Å². The molecule has 6 heteroatoms. The van der Waals surface area contributed by atoms with Crippen molar-refractivity contribution in [2.24, 2.45) is 16.9 Å². The van der Waals surface area contributed by atoms with Gasteiger partial charge in [0.15, 0.2) is 0 Å². The topological polar surface area (TPSA) is 127 Å². The van der Waals surface area contributed by atoms with E-state index in [1.165, 1.54) is 0 Å². The number of amides is 2. The van der Waals surface area contributed by atoms with Gasteiger partial charge < -0.3 is 21.7 Å². The van der Waals surface area contributed by atoms with Crippen LogP contribution in [0.4, 0.5) is 0 Å². The van der Waals surface area contributed by atoms with Crippen LogP contribution in [0.3, 0.4) is 0 Å². The molecule has 0 aromatic heterocycles. The summed E-state index contributed by atoms with van der Waals surface area (Å²) in [6.07, 6.45) is 4.78. The highest BCUT2D eigenvalue weighted by atomic mass is 16.3. The fraction of sp³-hybridized carbons (Fsp3) is 0.846. The highest BCUT2D eigenvalue weighted by molar-refractivity contribution is 5.80. The normalized spacial score (nSPS) is 11.5. The second kappa shape index (κ2) is 9.75. The van der Waals surface area contributed by atoms with Gasteiger partial charge in [-0.05, 0) is 25.7 Å². The molecule has 0 spiro atoms. The highest BCUT2D eigenvalue weighted by Gasteiger charge is 2.34. The summed E-state index contributed by atoms with van der Waals surface area (Å²) in [7, 11) is 0. The summed E-state index contributed by atoms with van der Waals surface area (Å²) in [5, 5.41) is 18.1. The van der Waals surface area contributed by atoms with Crippen LogP contribution in [0.15, 0.2) is 0 Å². The SMILES string of the molecule is NC(=O)CCCCCCC(CCO)(CCO)C(N)=O. The Balaban J connectivity index is 4.11. The van der Waals surface area contributed by atoms with Gasteiger partial charge in [-0.25, -0.2) is 0 Å². The van der Waals surface area contributed by atoms with Crippen molar-refractivity contribution >= 4 is 11.8 Å². The number of aliphatic hydroxyl groups excluding tert-OH is 2. The van der Waals surface area contributed by atoms with Crippen LogP contribution in [0, 0.1) is 5.41 Å². The zero-order valence-electron chi connectivity index (χ0n) is 11.4. The van der Waals surface area contributed by atoms with Gasteiger partial charge in [0.05, 0.1) is 5.41 Å². The third kappa shape index (κ3) is 7.12. The zero-order valence-corrected chi connectivity index (χ0v) is 11.4. The fourth-order valence-corrected chi connectivity index (χ4v) is 2.29. The first kappa shape index (κ1) is 17.9. The van der Waals surface area contributed by atoms with Gasteiger partial charge in [0.2, 0.25) is 11.8 Å². The van der Waals surface area contributed by atoms with Crippen molar-refractivity contribution in [1.82, 2.24) is 0 Å². The number of aliphatic hydroxyl groups is 2. The van der Waals surface area contributed by atoms with Gasteiger partial charge in [0.25, 0.3) is 0 Å². The van der Waals surface area contributed by atoms with Gasteiger partial charge in [-0.15, -0.1) is 0 Å². The van der Waals surface area contributed by atoms with E-state index in [1.54, 1.807) is 0 Å². The van der Waals surface area contributed by atoms with Gasteiger partial charge in [-0.1, -0.05) is 19.3 Å². The van der Waals surface area contributed by atoms with Gasteiger partial charge in [-0.3, -0.25) is 9.59 Å². The van der Waals surface area contributed by atoms with E-state index in [0.29, 0.717) is 12.8 Å². The lowest BCUT2D eigenvalue weighted by Gasteiger charge is -2.29. The van der Waals surface area contributed by atoms with E-state index in [1.807, 2.05) is 0 Å². The number of hydrogen-bond acceptors (Lipinski definition) is 4. The van der Waals surface area contributed by atoms with Crippen molar-refractivity contribution in [3.8, 4) is 0 Å². The molecule has 0 radical (unpaired) electrons. The molecule has 6 nitrogen and oxygen atoms in total. The van der Waals surface area contributed by atoms with E-state index < -0.39 is 11.3 Å². The van der Waals surface area contributed by atoms with E-state index in [9.17, 15) is 9.59 Å². The van der Waals surface area contributed by atoms with Crippen molar-refractivity contribution < 1.29 is 19.8 Å². The molecular formula is C13H26N2O4. The molecule has 2 amide bonds. The van der Waals surface area contributed by atoms with E-state index in [2.05, 4.69) is 0 Å². The number of nitrogens with two attached hydrogens (primary N) is 2. The molecule has 0 aliphatic heterocycles. The molecule has 112 valence electrons.